The van der Waals surface area contributed by atoms with Crippen molar-refractivity contribution in [2.24, 2.45) is 5.92 Å². The molecule has 1 aromatic heterocycles. The molecule has 180 valence electrons. The van der Waals surface area contributed by atoms with Crippen molar-refractivity contribution in [2.75, 3.05) is 13.1 Å². The van der Waals surface area contributed by atoms with Gasteiger partial charge >= 0.3 is 0 Å². The molecule has 8 heteroatoms. The molecule has 1 saturated heterocycles. The number of hydrogen-bond acceptors (Lipinski definition) is 6. The van der Waals surface area contributed by atoms with Gasteiger partial charge in [0.2, 0.25) is 0 Å². The molecule has 2 heterocycles. The lowest BCUT2D eigenvalue weighted by atomic mass is 9.93. The summed E-state index contributed by atoms with van der Waals surface area (Å²) in [7, 11) is 0. The van der Waals surface area contributed by atoms with E-state index in [1.165, 1.54) is 17.8 Å². The number of piperidine rings is 1. The van der Waals surface area contributed by atoms with Gasteiger partial charge in [-0.15, -0.1) is 0 Å². The zero-order chi connectivity index (χ0) is 24.2. The van der Waals surface area contributed by atoms with Crippen LogP contribution in [-0.2, 0) is 20.9 Å². The van der Waals surface area contributed by atoms with Crippen LogP contribution in [0.2, 0.25) is 0 Å². The van der Waals surface area contributed by atoms with Crippen molar-refractivity contribution < 1.29 is 18.8 Å². The SMILES string of the molecule is CCC(=O)Cn1ccc(/C=C2/CN(C(C(=O)C3CC3)c3ccccc3F)CCC2SC(C)=O)n1. The lowest BCUT2D eigenvalue weighted by molar-refractivity contribution is -0.126. The Morgan fingerprint density at radius 2 is 1.97 bits per heavy atom. The number of hydrogen-bond donors (Lipinski definition) is 0. The Hall–Kier alpha value is -2.58. The van der Waals surface area contributed by atoms with Gasteiger partial charge in [-0.2, -0.15) is 5.10 Å². The molecule has 1 aliphatic heterocycles. The smallest absolute Gasteiger partial charge is 0.186 e. The Labute approximate surface area is 203 Å². The van der Waals surface area contributed by atoms with Crippen LogP contribution in [0, 0.1) is 11.7 Å². The highest BCUT2D eigenvalue weighted by Crippen LogP contribution is 2.40. The molecule has 2 aliphatic rings. The Bertz CT molecular complexity index is 1110. The Kier molecular flexibility index (Phi) is 7.78. The fourth-order valence-electron chi connectivity index (χ4n) is 4.42. The molecule has 2 unspecified atom stereocenters. The van der Waals surface area contributed by atoms with Gasteiger partial charge in [-0.05, 0) is 43.0 Å². The summed E-state index contributed by atoms with van der Waals surface area (Å²) >= 11 is 1.28. The average molecular weight is 484 g/mol. The van der Waals surface area contributed by atoms with Crippen molar-refractivity contribution in [1.82, 2.24) is 14.7 Å². The summed E-state index contributed by atoms with van der Waals surface area (Å²) in [6.45, 7) is 4.65. The Morgan fingerprint density at radius 1 is 1.21 bits per heavy atom. The predicted octanol–water partition coefficient (Wildman–Crippen LogP) is 4.46. The minimum absolute atomic E-state index is 0.00634. The van der Waals surface area contributed by atoms with Gasteiger partial charge in [0.15, 0.2) is 16.7 Å². The quantitative estimate of drug-likeness (QED) is 0.524. The Morgan fingerprint density at radius 3 is 2.65 bits per heavy atom. The highest BCUT2D eigenvalue weighted by molar-refractivity contribution is 8.14. The summed E-state index contributed by atoms with van der Waals surface area (Å²) in [6, 6.07) is 7.71. The molecule has 34 heavy (non-hydrogen) atoms. The number of Topliss-reactive ketones (excluding diaryl/α,β-unsaturated/α-hetero) is 2. The third kappa shape index (κ3) is 5.91. The molecule has 6 nitrogen and oxygen atoms in total. The van der Waals surface area contributed by atoms with Gasteiger partial charge in [-0.25, -0.2) is 4.39 Å². The van der Waals surface area contributed by atoms with Gasteiger partial charge in [-0.1, -0.05) is 36.9 Å². The minimum Gasteiger partial charge on any atom is -0.298 e. The van der Waals surface area contributed by atoms with Crippen molar-refractivity contribution in [1.29, 1.82) is 0 Å². The first kappa shape index (κ1) is 24.5. The number of rotatable bonds is 9. The van der Waals surface area contributed by atoms with Crippen LogP contribution >= 0.6 is 11.8 Å². The molecule has 1 aliphatic carbocycles. The van der Waals surface area contributed by atoms with Gasteiger partial charge in [0.25, 0.3) is 0 Å². The first-order chi connectivity index (χ1) is 16.4. The van der Waals surface area contributed by atoms with Crippen molar-refractivity contribution >= 4 is 34.5 Å². The molecule has 0 N–H and O–H groups in total. The Balaban J connectivity index is 1.63. The van der Waals surface area contributed by atoms with Crippen molar-refractivity contribution in [3.05, 3.63) is 59.2 Å². The third-order valence-corrected chi connectivity index (χ3v) is 7.48. The van der Waals surface area contributed by atoms with E-state index in [0.717, 1.165) is 18.4 Å². The maximum absolute atomic E-state index is 14.8. The van der Waals surface area contributed by atoms with Gasteiger partial charge in [0, 0.05) is 49.4 Å². The fourth-order valence-corrected chi connectivity index (χ4v) is 5.34. The molecule has 2 aromatic rings. The maximum atomic E-state index is 14.8. The van der Waals surface area contributed by atoms with Gasteiger partial charge < -0.3 is 0 Å². The van der Waals surface area contributed by atoms with Crippen molar-refractivity contribution in [2.45, 2.75) is 57.4 Å². The molecule has 0 bridgehead atoms. The van der Waals surface area contributed by atoms with E-state index in [1.54, 1.807) is 36.0 Å². The predicted molar refractivity (Wildman–Crippen MR) is 131 cm³/mol. The third-order valence-electron chi connectivity index (χ3n) is 6.33. The van der Waals surface area contributed by atoms with Crippen molar-refractivity contribution in [3.8, 4) is 0 Å². The number of carbonyl (C=O) groups is 3. The number of nitrogens with zero attached hydrogens (tertiary/aromatic N) is 3. The molecular weight excluding hydrogens is 453 g/mol. The summed E-state index contributed by atoms with van der Waals surface area (Å²) in [5.41, 5.74) is 2.09. The largest absolute Gasteiger partial charge is 0.298 e. The van der Waals surface area contributed by atoms with Crippen LogP contribution < -0.4 is 0 Å². The zero-order valence-electron chi connectivity index (χ0n) is 19.6. The van der Waals surface area contributed by atoms with Crippen LogP contribution in [0.4, 0.5) is 4.39 Å². The number of halogens is 1. The second-order valence-electron chi connectivity index (χ2n) is 9.01. The van der Waals surface area contributed by atoms with E-state index in [2.05, 4.69) is 5.10 Å². The summed E-state index contributed by atoms with van der Waals surface area (Å²) in [5.74, 6) is -0.202. The van der Waals surface area contributed by atoms with Crippen LogP contribution in [0.1, 0.15) is 56.8 Å². The summed E-state index contributed by atoms with van der Waals surface area (Å²) in [5, 5.41) is 4.50. The number of likely N-dealkylation sites (tertiary alicyclic amines) is 1. The zero-order valence-corrected chi connectivity index (χ0v) is 20.4. The van der Waals surface area contributed by atoms with Crippen LogP contribution in [-0.4, -0.2) is 49.7 Å². The summed E-state index contributed by atoms with van der Waals surface area (Å²) in [6.07, 6.45) is 6.56. The van der Waals surface area contributed by atoms with Crippen molar-refractivity contribution in [3.63, 3.8) is 0 Å². The molecule has 2 fully saturated rings. The number of aromatic nitrogens is 2. The normalized spacial score (nSPS) is 20.9. The second-order valence-corrected chi connectivity index (χ2v) is 10.4. The second kappa shape index (κ2) is 10.8. The number of ketones is 2. The van der Waals surface area contributed by atoms with E-state index in [4.69, 9.17) is 0 Å². The van der Waals surface area contributed by atoms with E-state index in [9.17, 15) is 18.8 Å². The van der Waals surface area contributed by atoms with Gasteiger partial charge in [0.1, 0.15) is 5.82 Å². The van der Waals surface area contributed by atoms with Crippen LogP contribution in [0.15, 0.2) is 42.1 Å². The molecule has 1 aromatic carbocycles. The average Bonchev–Trinajstić information content (AvgIpc) is 3.57. The summed E-state index contributed by atoms with van der Waals surface area (Å²) < 4.78 is 16.4. The van der Waals surface area contributed by atoms with Gasteiger partial charge in [-0.3, -0.25) is 24.0 Å². The van der Waals surface area contributed by atoms with E-state index < -0.39 is 6.04 Å². The molecule has 0 radical (unpaired) electrons. The molecule has 0 spiro atoms. The molecular formula is C26H30FN3O3S. The van der Waals surface area contributed by atoms with Crippen LogP contribution in [0.25, 0.3) is 6.08 Å². The highest BCUT2D eigenvalue weighted by atomic mass is 32.2. The molecule has 1 saturated carbocycles. The lowest BCUT2D eigenvalue weighted by Gasteiger charge is -2.38. The molecule has 0 amide bonds. The van der Waals surface area contributed by atoms with E-state index in [-0.39, 0.29) is 40.2 Å². The fraction of sp³-hybridized carbons (Fsp3) is 0.462. The monoisotopic (exact) mass is 483 g/mol. The minimum atomic E-state index is -0.639. The van der Waals surface area contributed by atoms with E-state index in [0.29, 0.717) is 37.2 Å². The first-order valence-corrected chi connectivity index (χ1v) is 12.7. The number of benzene rings is 1. The van der Waals surface area contributed by atoms with E-state index in [1.807, 2.05) is 24.0 Å². The standard InChI is InChI=1S/C26H30FN3O3S/c1-3-21(32)16-30-13-10-20(28-30)14-19-15-29(12-11-24(19)34-17(2)31)25(26(33)18-8-9-18)22-6-4-5-7-23(22)27/h4-7,10,13-14,18,24-25H,3,8-9,11-12,15-16H2,1-2H3/b19-14-. The van der Waals surface area contributed by atoms with Crippen LogP contribution in [0.3, 0.4) is 0 Å². The topological polar surface area (TPSA) is 72.3 Å². The first-order valence-electron chi connectivity index (χ1n) is 11.8. The number of carbonyl (C=O) groups excluding carboxylic acids is 3. The molecule has 2 atom stereocenters. The van der Waals surface area contributed by atoms with Crippen LogP contribution in [0.5, 0.6) is 0 Å². The molecule has 4 rings (SSSR count). The summed E-state index contributed by atoms with van der Waals surface area (Å²) in [4.78, 5) is 39.0. The number of thioether (sulfide) groups is 1. The van der Waals surface area contributed by atoms with Gasteiger partial charge in [0.05, 0.1) is 18.3 Å². The maximum Gasteiger partial charge on any atom is 0.186 e. The lowest BCUT2D eigenvalue weighted by Crippen LogP contribution is -2.43. The van der Waals surface area contributed by atoms with E-state index >= 15 is 0 Å². The highest BCUT2D eigenvalue weighted by Gasteiger charge is 2.41.